The summed E-state index contributed by atoms with van der Waals surface area (Å²) in [6.45, 7) is 0. The van der Waals surface area contributed by atoms with E-state index in [-0.39, 0.29) is 34.2 Å². The highest BCUT2D eigenvalue weighted by molar-refractivity contribution is 7.14. The number of aromatic nitrogens is 3. The van der Waals surface area contributed by atoms with Gasteiger partial charge in [0, 0.05) is 43.6 Å². The van der Waals surface area contributed by atoms with Crippen molar-refractivity contribution in [3.05, 3.63) is 55.8 Å². The van der Waals surface area contributed by atoms with E-state index in [0.717, 1.165) is 38.8 Å². The molecule has 0 saturated carbocycles. The Labute approximate surface area is 198 Å². The molecular weight excluding hydrogens is 496 g/mol. The molecule has 1 aromatic carbocycles. The molecule has 1 atom stereocenters. The number of carbonyl (C=O) groups is 1. The zero-order valence-electron chi connectivity index (χ0n) is 18.1. The maximum absolute atomic E-state index is 14.0. The van der Waals surface area contributed by atoms with Crippen molar-refractivity contribution >= 4 is 34.4 Å². The summed E-state index contributed by atoms with van der Waals surface area (Å²) >= 11 is 0.967. The topological polar surface area (TPSA) is 145 Å². The van der Waals surface area contributed by atoms with E-state index in [2.05, 4.69) is 15.0 Å². The van der Waals surface area contributed by atoms with Crippen LogP contribution < -0.4 is 27.0 Å². The van der Waals surface area contributed by atoms with Gasteiger partial charge in [0.05, 0.1) is 11.3 Å². The van der Waals surface area contributed by atoms with Gasteiger partial charge in [-0.1, -0.05) is 0 Å². The monoisotopic (exact) mass is 514 g/mol. The number of nitrogens with zero attached hydrogens (tertiary/aromatic N) is 3. The smallest absolute Gasteiger partial charge is 0.403 e. The lowest BCUT2D eigenvalue weighted by Gasteiger charge is -2.16. The summed E-state index contributed by atoms with van der Waals surface area (Å²) in [5, 5.41) is 11.7. The van der Waals surface area contributed by atoms with Crippen LogP contribution in [0.15, 0.2) is 33.2 Å². The van der Waals surface area contributed by atoms with E-state index in [4.69, 9.17) is 11.1 Å². The first-order valence-electron chi connectivity index (χ1n) is 9.69. The Kier molecular flexibility index (Phi) is 7.09. The molecule has 4 N–H and O–H groups in total. The number of nitrogen functional groups attached to an aromatic ring is 1. The lowest BCUT2D eigenvalue weighted by atomic mass is 9.98. The number of hydrogen-bond donors (Lipinski definition) is 3. The van der Waals surface area contributed by atoms with Crippen LogP contribution >= 0.6 is 11.3 Å². The number of halogens is 4. The molecule has 0 aliphatic heterocycles. The van der Waals surface area contributed by atoms with Crippen LogP contribution in [-0.2, 0) is 18.9 Å². The fraction of sp³-hybridized carbons (Fsp3) is 0.250. The minimum Gasteiger partial charge on any atom is -0.403 e. The van der Waals surface area contributed by atoms with E-state index < -0.39 is 41.0 Å². The van der Waals surface area contributed by atoms with E-state index in [0.29, 0.717) is 0 Å². The molecule has 0 saturated heterocycles. The van der Waals surface area contributed by atoms with Crippen molar-refractivity contribution in [1.82, 2.24) is 14.1 Å². The fourth-order valence-electron chi connectivity index (χ4n) is 3.18. The molecule has 0 spiro atoms. The summed E-state index contributed by atoms with van der Waals surface area (Å²) in [6, 6.07) is 2.79. The van der Waals surface area contributed by atoms with Gasteiger partial charge in [-0.25, -0.2) is 14.2 Å². The van der Waals surface area contributed by atoms with E-state index in [1.54, 1.807) is 0 Å². The number of ether oxygens (including phenoxy) is 1. The summed E-state index contributed by atoms with van der Waals surface area (Å²) in [5.41, 5.74) is 4.74. The fourth-order valence-corrected chi connectivity index (χ4v) is 3.92. The van der Waals surface area contributed by atoms with Crippen LogP contribution in [0, 0.1) is 11.2 Å². The summed E-state index contributed by atoms with van der Waals surface area (Å²) in [6.07, 6.45) is -4.55. The average Bonchev–Trinajstić information content (AvgIpc) is 3.24. The molecule has 0 aliphatic carbocycles. The number of nitrogens with two attached hydrogens (primary N) is 1. The van der Waals surface area contributed by atoms with Crippen molar-refractivity contribution in [3.63, 3.8) is 0 Å². The average molecular weight is 514 g/mol. The van der Waals surface area contributed by atoms with Gasteiger partial charge in [0.25, 0.3) is 5.56 Å². The van der Waals surface area contributed by atoms with Crippen LogP contribution in [0.1, 0.15) is 17.9 Å². The Balaban J connectivity index is 1.77. The van der Waals surface area contributed by atoms with Gasteiger partial charge in [-0.2, -0.15) is 0 Å². The van der Waals surface area contributed by atoms with Crippen molar-refractivity contribution in [3.8, 4) is 17.0 Å². The molecule has 10 nitrogen and oxygen atoms in total. The van der Waals surface area contributed by atoms with Crippen molar-refractivity contribution in [2.75, 3.05) is 11.1 Å². The number of amides is 1. The standard InChI is InChI=1S/C20H18F4N6O4S/c1-29-16(26)15(17(32)30(2)19(29)33)10(7-25)6-14(31)28-18-27-12(8-35-18)9-3-4-13(11(21)5-9)34-20(22,23)24/h3-5,7-8,10,25H,6,26H2,1-2H3,(H,27,28,31). The molecule has 1 amide bonds. The van der Waals surface area contributed by atoms with Crippen LogP contribution in [0.25, 0.3) is 11.3 Å². The minimum atomic E-state index is -5.04. The molecule has 1 unspecified atom stereocenters. The second kappa shape index (κ2) is 9.69. The highest BCUT2D eigenvalue weighted by atomic mass is 32.1. The molecule has 0 fully saturated rings. The van der Waals surface area contributed by atoms with Gasteiger partial charge >= 0.3 is 12.1 Å². The number of anilines is 2. The molecule has 35 heavy (non-hydrogen) atoms. The molecule has 186 valence electrons. The molecule has 2 heterocycles. The molecule has 0 radical (unpaired) electrons. The summed E-state index contributed by atoms with van der Waals surface area (Å²) in [5.74, 6) is -4.07. The number of hydrogen-bond acceptors (Lipinski definition) is 8. The van der Waals surface area contributed by atoms with E-state index in [1.807, 2.05) is 0 Å². The minimum absolute atomic E-state index is 0.0868. The number of nitrogens with one attached hydrogen (secondary N) is 2. The first kappa shape index (κ1) is 25.6. The first-order chi connectivity index (χ1) is 16.3. The first-order valence-corrected chi connectivity index (χ1v) is 10.6. The van der Waals surface area contributed by atoms with Crippen LogP contribution in [0.5, 0.6) is 5.75 Å². The van der Waals surface area contributed by atoms with E-state index >= 15 is 0 Å². The summed E-state index contributed by atoms with van der Waals surface area (Å²) in [4.78, 5) is 41.1. The zero-order valence-corrected chi connectivity index (χ0v) is 19.0. The van der Waals surface area contributed by atoms with Crippen LogP contribution in [0.4, 0.5) is 28.5 Å². The molecule has 2 aromatic heterocycles. The largest absolute Gasteiger partial charge is 0.573 e. The van der Waals surface area contributed by atoms with Crippen LogP contribution in [-0.4, -0.2) is 32.6 Å². The maximum Gasteiger partial charge on any atom is 0.573 e. The van der Waals surface area contributed by atoms with Crippen molar-refractivity contribution in [2.45, 2.75) is 18.7 Å². The second-order valence-corrected chi connectivity index (χ2v) is 8.12. The van der Waals surface area contributed by atoms with Gasteiger partial charge in [-0.3, -0.25) is 18.7 Å². The van der Waals surface area contributed by atoms with Crippen LogP contribution in [0.2, 0.25) is 0 Å². The quantitative estimate of drug-likeness (QED) is 0.327. The normalized spacial score (nSPS) is 12.3. The number of alkyl halides is 3. The van der Waals surface area contributed by atoms with Gasteiger partial charge < -0.3 is 21.2 Å². The van der Waals surface area contributed by atoms with Crippen molar-refractivity contribution in [1.29, 1.82) is 5.41 Å². The Morgan fingerprint density at radius 1 is 1.31 bits per heavy atom. The van der Waals surface area contributed by atoms with Crippen LogP contribution in [0.3, 0.4) is 0 Å². The third kappa shape index (κ3) is 5.56. The third-order valence-corrected chi connectivity index (χ3v) is 5.69. The highest BCUT2D eigenvalue weighted by Crippen LogP contribution is 2.31. The lowest BCUT2D eigenvalue weighted by Crippen LogP contribution is -2.41. The zero-order chi connectivity index (χ0) is 26.1. The number of rotatable bonds is 7. The number of thiazole rings is 1. The molecule has 3 aromatic rings. The lowest BCUT2D eigenvalue weighted by molar-refractivity contribution is -0.275. The van der Waals surface area contributed by atoms with Gasteiger partial charge in [0.1, 0.15) is 5.82 Å². The maximum atomic E-state index is 14.0. The predicted octanol–water partition coefficient (Wildman–Crippen LogP) is 2.59. The summed E-state index contributed by atoms with van der Waals surface area (Å²) < 4.78 is 56.3. The predicted molar refractivity (Wildman–Crippen MR) is 120 cm³/mol. The molecule has 0 aliphatic rings. The molecule has 15 heteroatoms. The SMILES string of the molecule is Cn1c(N)c(C(C=N)CC(=O)Nc2nc(-c3ccc(OC(F)(F)F)c(F)c3)cs2)c(=O)n(C)c1=O. The van der Waals surface area contributed by atoms with Crippen molar-refractivity contribution in [2.24, 2.45) is 14.1 Å². The molecule has 0 bridgehead atoms. The second-order valence-electron chi connectivity index (χ2n) is 7.26. The van der Waals surface area contributed by atoms with Gasteiger partial charge in [0.2, 0.25) is 5.91 Å². The van der Waals surface area contributed by atoms with E-state index in [9.17, 15) is 31.9 Å². The van der Waals surface area contributed by atoms with Crippen molar-refractivity contribution < 1.29 is 27.1 Å². The van der Waals surface area contributed by atoms with E-state index in [1.165, 1.54) is 25.5 Å². The van der Waals surface area contributed by atoms with Gasteiger partial charge in [0.15, 0.2) is 16.7 Å². The highest BCUT2D eigenvalue weighted by Gasteiger charge is 2.32. The number of carbonyl (C=O) groups excluding carboxylic acids is 1. The molecule has 3 rings (SSSR count). The van der Waals surface area contributed by atoms with Gasteiger partial charge in [-0.15, -0.1) is 24.5 Å². The van der Waals surface area contributed by atoms with Gasteiger partial charge in [-0.05, 0) is 18.2 Å². The summed E-state index contributed by atoms with van der Waals surface area (Å²) in [7, 11) is 2.60. The Morgan fingerprint density at radius 3 is 2.60 bits per heavy atom. The Hall–Kier alpha value is -4.01. The Morgan fingerprint density at radius 2 is 2.00 bits per heavy atom. The Bertz CT molecular complexity index is 1410. The third-order valence-electron chi connectivity index (χ3n) is 4.93. The number of benzene rings is 1. The molecular formula is C20H18F4N6O4S.